The minimum atomic E-state index is 0.739. The van der Waals surface area contributed by atoms with Gasteiger partial charge >= 0.3 is 0 Å². The van der Waals surface area contributed by atoms with Crippen molar-refractivity contribution in [1.82, 2.24) is 20.3 Å². The van der Waals surface area contributed by atoms with Gasteiger partial charge in [-0.15, -0.1) is 5.10 Å². The van der Waals surface area contributed by atoms with E-state index in [2.05, 4.69) is 15.6 Å². The highest BCUT2D eigenvalue weighted by molar-refractivity contribution is 6.31. The van der Waals surface area contributed by atoms with Crippen LogP contribution in [0.3, 0.4) is 0 Å². The number of hydrogen-bond acceptors (Lipinski definition) is 3. The van der Waals surface area contributed by atoms with E-state index in [0.717, 1.165) is 34.1 Å². The first kappa shape index (κ1) is 13.8. The summed E-state index contributed by atoms with van der Waals surface area (Å²) in [7, 11) is 1.90. The quantitative estimate of drug-likeness (QED) is 0.803. The van der Waals surface area contributed by atoms with Gasteiger partial charge in [0.1, 0.15) is 0 Å². The number of rotatable bonds is 4. The van der Waals surface area contributed by atoms with Crippen LogP contribution in [0.1, 0.15) is 5.56 Å². The Bertz CT molecular complexity index is 737. The molecule has 0 atom stereocenters. The lowest BCUT2D eigenvalue weighted by molar-refractivity contribution is 0.807. The summed E-state index contributed by atoms with van der Waals surface area (Å²) >= 11 is 6.33. The highest BCUT2D eigenvalue weighted by Gasteiger charge is 2.10. The zero-order chi connectivity index (χ0) is 14.7. The van der Waals surface area contributed by atoms with Crippen molar-refractivity contribution in [1.29, 1.82) is 0 Å². The number of benzene rings is 2. The molecule has 3 aromatic rings. The average molecular weight is 299 g/mol. The first-order valence-corrected chi connectivity index (χ1v) is 7.07. The van der Waals surface area contributed by atoms with Gasteiger partial charge in [-0.25, -0.2) is 4.68 Å². The van der Waals surface area contributed by atoms with E-state index in [-0.39, 0.29) is 0 Å². The van der Waals surface area contributed by atoms with Gasteiger partial charge in [0.25, 0.3) is 0 Å². The molecule has 2 aromatic carbocycles. The van der Waals surface area contributed by atoms with Crippen LogP contribution >= 0.6 is 11.6 Å². The first-order valence-electron chi connectivity index (χ1n) is 6.69. The van der Waals surface area contributed by atoms with E-state index >= 15 is 0 Å². The molecular formula is C16H15ClN4. The second-order valence-corrected chi connectivity index (χ2v) is 5.11. The van der Waals surface area contributed by atoms with Crippen LogP contribution in [0.15, 0.2) is 54.7 Å². The molecule has 0 radical (unpaired) electrons. The predicted molar refractivity (Wildman–Crippen MR) is 84.6 cm³/mol. The molecule has 3 rings (SSSR count). The highest BCUT2D eigenvalue weighted by Crippen LogP contribution is 2.26. The Balaban J connectivity index is 2.03. The highest BCUT2D eigenvalue weighted by atomic mass is 35.5. The van der Waals surface area contributed by atoms with Crippen molar-refractivity contribution in [3.8, 4) is 16.9 Å². The molecule has 0 bridgehead atoms. The summed E-state index contributed by atoms with van der Waals surface area (Å²) in [5.74, 6) is 0. The van der Waals surface area contributed by atoms with Crippen molar-refractivity contribution in [2.45, 2.75) is 6.54 Å². The van der Waals surface area contributed by atoms with Gasteiger partial charge in [-0.2, -0.15) is 0 Å². The molecule has 0 fully saturated rings. The van der Waals surface area contributed by atoms with Gasteiger partial charge in [0.15, 0.2) is 0 Å². The Labute approximate surface area is 128 Å². The molecule has 1 heterocycles. The zero-order valence-electron chi connectivity index (χ0n) is 11.6. The van der Waals surface area contributed by atoms with Gasteiger partial charge in [-0.1, -0.05) is 47.1 Å². The largest absolute Gasteiger partial charge is 0.316 e. The van der Waals surface area contributed by atoms with Gasteiger partial charge in [0.2, 0.25) is 0 Å². The maximum atomic E-state index is 6.33. The molecule has 21 heavy (non-hydrogen) atoms. The maximum absolute atomic E-state index is 6.33. The lowest BCUT2D eigenvalue weighted by Gasteiger charge is -2.09. The minimum Gasteiger partial charge on any atom is -0.316 e. The molecular weight excluding hydrogens is 284 g/mol. The molecule has 0 saturated carbocycles. The number of halogens is 1. The van der Waals surface area contributed by atoms with Gasteiger partial charge in [-0.05, 0) is 30.8 Å². The maximum Gasteiger partial charge on any atom is 0.0944 e. The van der Waals surface area contributed by atoms with Crippen LogP contribution in [0.25, 0.3) is 16.9 Å². The number of nitrogens with zero attached hydrogens (tertiary/aromatic N) is 3. The van der Waals surface area contributed by atoms with Gasteiger partial charge in [0.05, 0.1) is 17.6 Å². The van der Waals surface area contributed by atoms with Crippen molar-refractivity contribution in [2.24, 2.45) is 0 Å². The van der Waals surface area contributed by atoms with E-state index in [1.807, 2.05) is 60.3 Å². The average Bonchev–Trinajstić information content (AvgIpc) is 3.00. The molecule has 0 aliphatic carbocycles. The fourth-order valence-corrected chi connectivity index (χ4v) is 2.48. The summed E-state index contributed by atoms with van der Waals surface area (Å²) in [6, 6.07) is 15.9. The molecule has 0 amide bonds. The Morgan fingerprint density at radius 2 is 1.95 bits per heavy atom. The Kier molecular flexibility index (Phi) is 3.99. The smallest absolute Gasteiger partial charge is 0.0944 e. The van der Waals surface area contributed by atoms with Crippen LogP contribution in [0.4, 0.5) is 0 Å². The van der Waals surface area contributed by atoms with Crippen LogP contribution in [0.2, 0.25) is 5.02 Å². The topological polar surface area (TPSA) is 42.7 Å². The second kappa shape index (κ2) is 6.08. The van der Waals surface area contributed by atoms with E-state index in [1.54, 1.807) is 6.20 Å². The monoisotopic (exact) mass is 298 g/mol. The fourth-order valence-electron chi connectivity index (χ4n) is 2.23. The number of hydrogen-bond donors (Lipinski definition) is 1. The molecule has 0 saturated heterocycles. The van der Waals surface area contributed by atoms with Gasteiger partial charge in [0, 0.05) is 17.1 Å². The second-order valence-electron chi connectivity index (χ2n) is 4.70. The van der Waals surface area contributed by atoms with Gasteiger partial charge < -0.3 is 5.32 Å². The van der Waals surface area contributed by atoms with E-state index in [9.17, 15) is 0 Å². The number of para-hydroxylation sites is 1. The normalized spacial score (nSPS) is 10.8. The third-order valence-corrected chi connectivity index (χ3v) is 3.62. The Morgan fingerprint density at radius 1 is 1.14 bits per heavy atom. The summed E-state index contributed by atoms with van der Waals surface area (Å²) < 4.78 is 1.81. The van der Waals surface area contributed by atoms with E-state index < -0.39 is 0 Å². The molecule has 4 nitrogen and oxygen atoms in total. The summed E-state index contributed by atoms with van der Waals surface area (Å²) in [4.78, 5) is 0. The third kappa shape index (κ3) is 2.82. The summed E-state index contributed by atoms with van der Waals surface area (Å²) in [6.07, 6.45) is 1.75. The van der Waals surface area contributed by atoms with Crippen LogP contribution in [0, 0.1) is 0 Å². The lowest BCUT2D eigenvalue weighted by atomic mass is 10.1. The third-order valence-electron chi connectivity index (χ3n) is 3.27. The van der Waals surface area contributed by atoms with Gasteiger partial charge in [-0.3, -0.25) is 0 Å². The van der Waals surface area contributed by atoms with Crippen LogP contribution < -0.4 is 5.32 Å². The predicted octanol–water partition coefficient (Wildman–Crippen LogP) is 3.31. The standard InChI is InChI=1S/C16H15ClN4/c1-18-10-13-8-7-12(9-15(13)17)16-11-19-20-21(16)14-5-3-2-4-6-14/h2-9,11,18H,10H2,1H3. The van der Waals surface area contributed by atoms with Crippen molar-refractivity contribution < 1.29 is 0 Å². The zero-order valence-corrected chi connectivity index (χ0v) is 12.4. The van der Waals surface area contributed by atoms with Crippen molar-refractivity contribution in [3.63, 3.8) is 0 Å². The molecule has 0 spiro atoms. The van der Waals surface area contributed by atoms with Crippen LogP contribution in [0.5, 0.6) is 0 Å². The molecule has 5 heteroatoms. The van der Waals surface area contributed by atoms with Crippen molar-refractivity contribution in [3.05, 3.63) is 65.3 Å². The van der Waals surface area contributed by atoms with E-state index in [0.29, 0.717) is 0 Å². The number of nitrogens with one attached hydrogen (secondary N) is 1. The Hall–Kier alpha value is -2.17. The van der Waals surface area contributed by atoms with E-state index in [1.165, 1.54) is 0 Å². The molecule has 0 aliphatic rings. The minimum absolute atomic E-state index is 0.739. The Morgan fingerprint density at radius 3 is 2.67 bits per heavy atom. The fraction of sp³-hybridized carbons (Fsp3) is 0.125. The van der Waals surface area contributed by atoms with Crippen molar-refractivity contribution in [2.75, 3.05) is 7.05 Å². The molecule has 0 unspecified atom stereocenters. The molecule has 1 aromatic heterocycles. The summed E-state index contributed by atoms with van der Waals surface area (Å²) in [5, 5.41) is 12.0. The lowest BCUT2D eigenvalue weighted by Crippen LogP contribution is -2.05. The first-order chi connectivity index (χ1) is 10.3. The van der Waals surface area contributed by atoms with Crippen molar-refractivity contribution >= 4 is 11.6 Å². The van der Waals surface area contributed by atoms with Crippen LogP contribution in [-0.2, 0) is 6.54 Å². The molecule has 1 N–H and O–H groups in total. The summed E-state index contributed by atoms with van der Waals surface area (Å²) in [6.45, 7) is 0.745. The molecule has 0 aliphatic heterocycles. The SMILES string of the molecule is CNCc1ccc(-c2cnnn2-c2ccccc2)cc1Cl. The summed E-state index contributed by atoms with van der Waals surface area (Å²) in [5.41, 5.74) is 3.95. The molecule has 106 valence electrons. The number of aromatic nitrogens is 3. The van der Waals surface area contributed by atoms with Crippen LogP contribution in [-0.4, -0.2) is 22.0 Å². The van der Waals surface area contributed by atoms with E-state index in [4.69, 9.17) is 11.6 Å².